The summed E-state index contributed by atoms with van der Waals surface area (Å²) in [5, 5.41) is 15.8. The predicted octanol–water partition coefficient (Wildman–Crippen LogP) is 2.74. The summed E-state index contributed by atoms with van der Waals surface area (Å²) in [4.78, 5) is 0. The molecule has 0 saturated heterocycles. The molecule has 0 radical (unpaired) electrons. The molecular formula is C14H24N6. The molecule has 1 aromatic rings. The van der Waals surface area contributed by atoms with E-state index in [0.717, 1.165) is 49.2 Å². The molecule has 0 aliphatic heterocycles. The zero-order chi connectivity index (χ0) is 15.0. The number of anilines is 1. The summed E-state index contributed by atoms with van der Waals surface area (Å²) in [6.45, 7) is 3.70. The van der Waals surface area contributed by atoms with Crippen molar-refractivity contribution in [1.82, 2.24) is 5.01 Å². The number of nitrogens with two attached hydrogens (primary N) is 1. The number of rotatable bonds is 8. The van der Waals surface area contributed by atoms with Gasteiger partial charge in [0.1, 0.15) is 5.84 Å². The van der Waals surface area contributed by atoms with Gasteiger partial charge in [0.25, 0.3) is 0 Å². The second-order valence-electron chi connectivity index (χ2n) is 4.78. The highest BCUT2D eigenvalue weighted by atomic mass is 15.5. The number of aryl methyl sites for hydroxylation is 1. The van der Waals surface area contributed by atoms with Crippen molar-refractivity contribution >= 4 is 11.5 Å². The number of unbranched alkanes of at least 4 members (excludes halogenated alkanes) is 2. The number of hydrogen-bond donors (Lipinski definition) is 4. The van der Waals surface area contributed by atoms with Crippen LogP contribution in [0, 0.1) is 17.9 Å². The summed E-state index contributed by atoms with van der Waals surface area (Å²) in [6, 6.07) is 5.78. The van der Waals surface area contributed by atoms with Gasteiger partial charge in [-0.2, -0.15) is 5.53 Å². The molecule has 0 saturated carbocycles. The van der Waals surface area contributed by atoms with Gasteiger partial charge in [0, 0.05) is 24.8 Å². The van der Waals surface area contributed by atoms with Crippen LogP contribution in [-0.2, 0) is 0 Å². The number of amidine groups is 1. The molecule has 1 rings (SSSR count). The van der Waals surface area contributed by atoms with Crippen molar-refractivity contribution in [3.63, 3.8) is 0 Å². The molecule has 0 aliphatic rings. The first-order chi connectivity index (χ1) is 9.60. The van der Waals surface area contributed by atoms with Gasteiger partial charge in [-0.25, -0.2) is 5.01 Å². The highest BCUT2D eigenvalue weighted by Gasteiger charge is 2.08. The van der Waals surface area contributed by atoms with Crippen LogP contribution >= 0.6 is 0 Å². The van der Waals surface area contributed by atoms with Crippen molar-refractivity contribution in [3.05, 3.63) is 29.3 Å². The molecule has 6 heteroatoms. The monoisotopic (exact) mass is 276 g/mol. The van der Waals surface area contributed by atoms with Crippen molar-refractivity contribution in [3.8, 4) is 0 Å². The summed E-state index contributed by atoms with van der Waals surface area (Å²) >= 11 is 0. The van der Waals surface area contributed by atoms with Gasteiger partial charge in [-0.3, -0.25) is 5.41 Å². The van der Waals surface area contributed by atoms with Crippen LogP contribution in [-0.4, -0.2) is 31.0 Å². The Morgan fingerprint density at radius 1 is 1.35 bits per heavy atom. The van der Waals surface area contributed by atoms with Crippen molar-refractivity contribution in [1.29, 1.82) is 10.9 Å². The quantitative estimate of drug-likeness (QED) is 0.193. The Bertz CT molecular complexity index is 457. The molecule has 0 unspecified atom stereocenters. The normalized spacial score (nSPS) is 10.2. The van der Waals surface area contributed by atoms with E-state index in [9.17, 15) is 0 Å². The Balaban J connectivity index is 2.59. The Labute approximate surface area is 120 Å². The van der Waals surface area contributed by atoms with E-state index in [0.29, 0.717) is 0 Å². The van der Waals surface area contributed by atoms with Gasteiger partial charge >= 0.3 is 0 Å². The maximum absolute atomic E-state index is 7.90. The molecule has 0 amide bonds. The van der Waals surface area contributed by atoms with Crippen LogP contribution in [0.15, 0.2) is 23.4 Å². The summed E-state index contributed by atoms with van der Waals surface area (Å²) in [5.41, 5.74) is 15.3. The Hall–Kier alpha value is -1.95. The van der Waals surface area contributed by atoms with Crippen molar-refractivity contribution in [2.24, 2.45) is 11.0 Å². The van der Waals surface area contributed by atoms with E-state index in [1.165, 1.54) is 5.01 Å². The molecule has 110 valence electrons. The first-order valence-electron chi connectivity index (χ1n) is 6.84. The van der Waals surface area contributed by atoms with Gasteiger partial charge < -0.3 is 11.1 Å². The van der Waals surface area contributed by atoms with Crippen LogP contribution in [0.25, 0.3) is 0 Å². The van der Waals surface area contributed by atoms with Crippen LogP contribution in [0.5, 0.6) is 0 Å². The van der Waals surface area contributed by atoms with Gasteiger partial charge in [0.05, 0.1) is 0 Å². The minimum Gasteiger partial charge on any atom is -0.385 e. The highest BCUT2D eigenvalue weighted by molar-refractivity contribution is 5.96. The third-order valence-corrected chi connectivity index (χ3v) is 3.17. The predicted molar refractivity (Wildman–Crippen MR) is 82.3 cm³/mol. The van der Waals surface area contributed by atoms with Gasteiger partial charge in [-0.15, -0.1) is 0 Å². The third-order valence-electron chi connectivity index (χ3n) is 3.17. The summed E-state index contributed by atoms with van der Waals surface area (Å²) in [6.07, 6.45) is 3.31. The molecule has 0 atom stereocenters. The summed E-state index contributed by atoms with van der Waals surface area (Å²) in [5.74, 6) is 0.220. The zero-order valence-corrected chi connectivity index (χ0v) is 12.2. The summed E-state index contributed by atoms with van der Waals surface area (Å²) in [7, 11) is 1.59. The molecule has 0 aliphatic carbocycles. The number of nitrogens with zero attached hydrogens (tertiary/aromatic N) is 2. The lowest BCUT2D eigenvalue weighted by molar-refractivity contribution is 0.486. The minimum absolute atomic E-state index is 0.220. The topological polar surface area (TPSA) is 101 Å². The fourth-order valence-corrected chi connectivity index (χ4v) is 1.92. The minimum atomic E-state index is 0.220. The van der Waals surface area contributed by atoms with Crippen LogP contribution in [0.4, 0.5) is 5.69 Å². The average molecular weight is 276 g/mol. The number of benzene rings is 1. The maximum Gasteiger partial charge on any atom is 0.149 e. The van der Waals surface area contributed by atoms with Crippen LogP contribution in [0.2, 0.25) is 0 Å². The molecule has 0 bridgehead atoms. The van der Waals surface area contributed by atoms with Gasteiger partial charge in [0.15, 0.2) is 0 Å². The number of nitrogens with one attached hydrogen (secondary N) is 3. The van der Waals surface area contributed by atoms with Gasteiger partial charge in [0.2, 0.25) is 0 Å². The van der Waals surface area contributed by atoms with E-state index in [1.807, 2.05) is 25.1 Å². The Morgan fingerprint density at radius 3 is 2.70 bits per heavy atom. The van der Waals surface area contributed by atoms with E-state index in [2.05, 4.69) is 10.5 Å². The summed E-state index contributed by atoms with van der Waals surface area (Å²) < 4.78 is 0. The van der Waals surface area contributed by atoms with Gasteiger partial charge in [-0.1, -0.05) is 11.6 Å². The molecule has 1 aromatic carbocycles. The zero-order valence-electron chi connectivity index (χ0n) is 12.2. The molecule has 6 nitrogen and oxygen atoms in total. The van der Waals surface area contributed by atoms with Gasteiger partial charge in [-0.05, 0) is 50.1 Å². The van der Waals surface area contributed by atoms with Crippen LogP contribution < -0.4 is 11.1 Å². The van der Waals surface area contributed by atoms with E-state index < -0.39 is 0 Å². The Morgan fingerprint density at radius 2 is 2.10 bits per heavy atom. The number of hydrogen-bond acceptors (Lipinski definition) is 5. The fourth-order valence-electron chi connectivity index (χ4n) is 1.92. The van der Waals surface area contributed by atoms with E-state index in [1.54, 1.807) is 7.05 Å². The first kappa shape index (κ1) is 16.1. The maximum atomic E-state index is 7.90. The van der Waals surface area contributed by atoms with Crippen molar-refractivity contribution in [2.45, 2.75) is 26.2 Å². The Kier molecular flexibility index (Phi) is 6.66. The second kappa shape index (κ2) is 8.27. The van der Waals surface area contributed by atoms with E-state index in [4.69, 9.17) is 16.7 Å². The molecule has 0 fully saturated rings. The molecule has 0 spiro atoms. The third kappa shape index (κ3) is 4.62. The molecule has 20 heavy (non-hydrogen) atoms. The molecular weight excluding hydrogens is 252 g/mol. The molecule has 0 heterocycles. The largest absolute Gasteiger partial charge is 0.385 e. The van der Waals surface area contributed by atoms with E-state index in [-0.39, 0.29) is 5.84 Å². The highest BCUT2D eigenvalue weighted by Crippen LogP contribution is 2.17. The van der Waals surface area contributed by atoms with Crippen LogP contribution in [0.1, 0.15) is 30.4 Å². The standard InChI is InChI=1S/C14H24N6/c1-11-10-12(14(16)20(2)19-17)6-7-13(11)18-9-5-3-4-8-15/h6-7,10,16-18H,3-5,8-9,15H2,1-2H3. The lowest BCUT2D eigenvalue weighted by Crippen LogP contribution is -2.20. The fraction of sp³-hybridized carbons (Fsp3) is 0.500. The lowest BCUT2D eigenvalue weighted by atomic mass is 10.1. The smallest absolute Gasteiger partial charge is 0.149 e. The second-order valence-corrected chi connectivity index (χ2v) is 4.78. The van der Waals surface area contributed by atoms with Crippen molar-refractivity contribution in [2.75, 3.05) is 25.5 Å². The van der Waals surface area contributed by atoms with Crippen LogP contribution in [0.3, 0.4) is 0 Å². The van der Waals surface area contributed by atoms with Crippen molar-refractivity contribution < 1.29 is 0 Å². The molecule has 0 aromatic heterocycles. The SMILES string of the molecule is Cc1cc(C(=N)N(C)N=N)ccc1NCCCCCN. The molecule has 5 N–H and O–H groups in total. The first-order valence-corrected chi connectivity index (χ1v) is 6.84. The average Bonchev–Trinajstić information content (AvgIpc) is 2.46. The lowest BCUT2D eigenvalue weighted by Gasteiger charge is -2.14. The van der Waals surface area contributed by atoms with E-state index >= 15 is 0 Å².